The van der Waals surface area contributed by atoms with Crippen LogP contribution in [0.1, 0.15) is 11.1 Å². The first kappa shape index (κ1) is 21.3. The summed E-state index contributed by atoms with van der Waals surface area (Å²) < 4.78 is 30.7. The first-order chi connectivity index (χ1) is 14.0. The second-order valence-corrected chi connectivity index (χ2v) is 7.44. The summed E-state index contributed by atoms with van der Waals surface area (Å²) in [6, 6.07) is 15.4. The number of halogens is 3. The van der Waals surface area contributed by atoms with Gasteiger partial charge >= 0.3 is 0 Å². The number of ether oxygens (including phenoxy) is 3. The van der Waals surface area contributed by atoms with Crippen LogP contribution in [-0.2, 0) is 13.2 Å². The molecular weight excluding hydrogens is 461 g/mol. The van der Waals surface area contributed by atoms with E-state index in [-0.39, 0.29) is 12.4 Å². The van der Waals surface area contributed by atoms with Crippen molar-refractivity contribution in [2.75, 3.05) is 19.5 Å². The van der Waals surface area contributed by atoms with Crippen molar-refractivity contribution in [1.29, 1.82) is 0 Å². The van der Waals surface area contributed by atoms with Gasteiger partial charge < -0.3 is 19.5 Å². The minimum absolute atomic E-state index is 0.281. The van der Waals surface area contributed by atoms with Crippen LogP contribution in [-0.4, -0.2) is 14.2 Å². The van der Waals surface area contributed by atoms with Crippen LogP contribution >= 0.6 is 27.5 Å². The van der Waals surface area contributed by atoms with Gasteiger partial charge in [-0.05, 0) is 48.0 Å². The molecule has 0 saturated carbocycles. The summed E-state index contributed by atoms with van der Waals surface area (Å²) in [7, 11) is 3.17. The van der Waals surface area contributed by atoms with Crippen LogP contribution in [0.4, 0.5) is 10.1 Å². The fourth-order valence-corrected chi connectivity index (χ4v) is 3.48. The van der Waals surface area contributed by atoms with E-state index in [4.69, 9.17) is 25.8 Å². The maximum Gasteiger partial charge on any atom is 0.167 e. The Bertz CT molecular complexity index is 983. The minimum atomic E-state index is -0.281. The summed E-state index contributed by atoms with van der Waals surface area (Å²) in [6.45, 7) is 0.758. The van der Waals surface area contributed by atoms with E-state index >= 15 is 0 Å². The number of methoxy groups -OCH3 is 2. The summed E-state index contributed by atoms with van der Waals surface area (Å²) in [5.74, 6) is 1.55. The molecule has 0 bridgehead atoms. The van der Waals surface area contributed by atoms with Crippen molar-refractivity contribution >= 4 is 33.2 Å². The Balaban J connectivity index is 1.81. The van der Waals surface area contributed by atoms with Crippen molar-refractivity contribution in [3.63, 3.8) is 0 Å². The Morgan fingerprint density at radius 2 is 1.66 bits per heavy atom. The second-order valence-electron chi connectivity index (χ2n) is 6.18. The van der Waals surface area contributed by atoms with Crippen LogP contribution in [0.15, 0.2) is 59.1 Å². The molecule has 0 aromatic heterocycles. The van der Waals surface area contributed by atoms with Gasteiger partial charge in [-0.15, -0.1) is 0 Å². The summed E-state index contributed by atoms with van der Waals surface area (Å²) in [6.07, 6.45) is 0. The van der Waals surface area contributed by atoms with Crippen LogP contribution < -0.4 is 19.5 Å². The number of hydrogen-bond donors (Lipinski definition) is 1. The molecule has 3 aromatic rings. The Morgan fingerprint density at radius 1 is 0.966 bits per heavy atom. The molecule has 0 radical (unpaired) electrons. The predicted octanol–water partition coefficient (Wildman–Crippen LogP) is 6.45. The Hall–Kier alpha value is -2.44. The lowest BCUT2D eigenvalue weighted by atomic mass is 10.1. The zero-order chi connectivity index (χ0) is 20.8. The number of anilines is 1. The largest absolute Gasteiger partial charge is 0.495 e. The van der Waals surface area contributed by atoms with Crippen LogP contribution in [0, 0.1) is 5.82 Å². The minimum Gasteiger partial charge on any atom is -0.495 e. The molecule has 0 aliphatic heterocycles. The van der Waals surface area contributed by atoms with E-state index in [1.54, 1.807) is 38.5 Å². The lowest BCUT2D eigenvalue weighted by Gasteiger charge is -2.18. The molecule has 4 nitrogen and oxygen atoms in total. The molecule has 7 heteroatoms. The van der Waals surface area contributed by atoms with Gasteiger partial charge in [0.25, 0.3) is 0 Å². The fourth-order valence-electron chi connectivity index (χ4n) is 2.77. The smallest absolute Gasteiger partial charge is 0.167 e. The fraction of sp³-hybridized carbons (Fsp3) is 0.182. The maximum absolute atomic E-state index is 13.1. The van der Waals surface area contributed by atoms with Gasteiger partial charge in [0, 0.05) is 22.3 Å². The first-order valence-electron chi connectivity index (χ1n) is 8.82. The molecule has 0 unspecified atom stereocenters. The van der Waals surface area contributed by atoms with E-state index in [2.05, 4.69) is 21.2 Å². The maximum atomic E-state index is 13.1. The molecule has 152 valence electrons. The van der Waals surface area contributed by atoms with Crippen molar-refractivity contribution in [2.45, 2.75) is 13.2 Å². The highest BCUT2D eigenvalue weighted by Gasteiger charge is 2.15. The lowest BCUT2D eigenvalue weighted by molar-refractivity contribution is 0.281. The summed E-state index contributed by atoms with van der Waals surface area (Å²) >= 11 is 9.79. The van der Waals surface area contributed by atoms with Gasteiger partial charge in [0.05, 0.1) is 19.2 Å². The van der Waals surface area contributed by atoms with E-state index in [1.165, 1.54) is 12.1 Å². The predicted molar refractivity (Wildman–Crippen MR) is 117 cm³/mol. The number of benzene rings is 3. The molecule has 0 aliphatic rings. The van der Waals surface area contributed by atoms with E-state index in [1.807, 2.05) is 18.2 Å². The zero-order valence-corrected chi connectivity index (χ0v) is 18.3. The van der Waals surface area contributed by atoms with Gasteiger partial charge in [-0.3, -0.25) is 0 Å². The molecule has 0 heterocycles. The van der Waals surface area contributed by atoms with Gasteiger partial charge in [-0.25, -0.2) is 4.39 Å². The molecular formula is C22H20BrClFNO3. The van der Waals surface area contributed by atoms with Crippen molar-refractivity contribution in [3.05, 3.63) is 81.0 Å². The molecule has 0 atom stereocenters. The molecule has 0 saturated heterocycles. The van der Waals surface area contributed by atoms with E-state index < -0.39 is 0 Å². The summed E-state index contributed by atoms with van der Waals surface area (Å²) in [4.78, 5) is 0. The number of rotatable bonds is 8. The average molecular weight is 481 g/mol. The van der Waals surface area contributed by atoms with E-state index in [0.29, 0.717) is 28.8 Å². The van der Waals surface area contributed by atoms with Gasteiger partial charge in [0.15, 0.2) is 11.5 Å². The SMILES string of the molecule is COc1ccc(NCc2c(Br)ccc(OC)c2OCc2ccc(F)cc2)cc1Cl. The zero-order valence-electron chi connectivity index (χ0n) is 16.0. The molecule has 0 amide bonds. The summed E-state index contributed by atoms with van der Waals surface area (Å²) in [5, 5.41) is 3.86. The third kappa shape index (κ3) is 5.34. The van der Waals surface area contributed by atoms with Crippen LogP contribution in [0.5, 0.6) is 17.2 Å². The highest BCUT2D eigenvalue weighted by molar-refractivity contribution is 9.10. The molecule has 0 fully saturated rings. The summed E-state index contributed by atoms with van der Waals surface area (Å²) in [5.41, 5.74) is 2.59. The molecule has 3 rings (SSSR count). The molecule has 29 heavy (non-hydrogen) atoms. The number of nitrogens with one attached hydrogen (secondary N) is 1. The lowest BCUT2D eigenvalue weighted by Crippen LogP contribution is -2.06. The van der Waals surface area contributed by atoms with Gasteiger partial charge in [0.2, 0.25) is 0 Å². The highest BCUT2D eigenvalue weighted by atomic mass is 79.9. The third-order valence-corrected chi connectivity index (χ3v) is 5.34. The van der Waals surface area contributed by atoms with Gasteiger partial charge in [-0.1, -0.05) is 39.7 Å². The average Bonchev–Trinajstić information content (AvgIpc) is 2.72. The van der Waals surface area contributed by atoms with Crippen LogP contribution in [0.2, 0.25) is 5.02 Å². The molecule has 1 N–H and O–H groups in total. The van der Waals surface area contributed by atoms with Crippen LogP contribution in [0.25, 0.3) is 0 Å². The van der Waals surface area contributed by atoms with Gasteiger partial charge in [-0.2, -0.15) is 0 Å². The normalized spacial score (nSPS) is 10.5. The molecule has 3 aromatic carbocycles. The molecule has 0 aliphatic carbocycles. The van der Waals surface area contributed by atoms with Crippen molar-refractivity contribution < 1.29 is 18.6 Å². The first-order valence-corrected chi connectivity index (χ1v) is 9.99. The highest BCUT2D eigenvalue weighted by Crippen LogP contribution is 2.37. The van der Waals surface area contributed by atoms with Crippen molar-refractivity contribution in [2.24, 2.45) is 0 Å². The van der Waals surface area contributed by atoms with E-state index in [9.17, 15) is 4.39 Å². The van der Waals surface area contributed by atoms with E-state index in [0.717, 1.165) is 21.3 Å². The standard InChI is InChI=1S/C22H20BrClFNO3/c1-27-20-9-7-16(11-19(20)24)26-12-17-18(23)8-10-21(28-2)22(17)29-13-14-3-5-15(25)6-4-14/h3-11,26H,12-13H2,1-2H3. The Kier molecular flexibility index (Phi) is 7.23. The monoisotopic (exact) mass is 479 g/mol. The third-order valence-electron chi connectivity index (χ3n) is 4.30. The van der Waals surface area contributed by atoms with Crippen molar-refractivity contribution in [3.8, 4) is 17.2 Å². The van der Waals surface area contributed by atoms with Gasteiger partial charge in [0.1, 0.15) is 18.2 Å². The molecule has 0 spiro atoms. The topological polar surface area (TPSA) is 39.7 Å². The number of hydrogen-bond acceptors (Lipinski definition) is 4. The Labute approximate surface area is 182 Å². The second kappa shape index (κ2) is 9.85. The Morgan fingerprint density at radius 3 is 2.31 bits per heavy atom. The van der Waals surface area contributed by atoms with Crippen molar-refractivity contribution in [1.82, 2.24) is 0 Å². The quantitative estimate of drug-likeness (QED) is 0.402. The van der Waals surface area contributed by atoms with Crippen LogP contribution in [0.3, 0.4) is 0 Å².